The Morgan fingerprint density at radius 2 is 2.08 bits per heavy atom. The van der Waals surface area contributed by atoms with Gasteiger partial charge in [-0.3, -0.25) is 4.79 Å². The van der Waals surface area contributed by atoms with Crippen molar-refractivity contribution in [3.8, 4) is 0 Å². The molecule has 1 amide bonds. The Hall–Kier alpha value is -1.46. The Morgan fingerprint density at radius 1 is 1.35 bits per heavy atom. The van der Waals surface area contributed by atoms with Crippen LogP contribution in [0.1, 0.15) is 57.6 Å². The highest BCUT2D eigenvalue weighted by Gasteiger charge is 2.49. The third-order valence-electron chi connectivity index (χ3n) is 6.02. The molecule has 1 aromatic carbocycles. The van der Waals surface area contributed by atoms with Crippen LogP contribution in [-0.2, 0) is 14.3 Å². The van der Waals surface area contributed by atoms with Crippen molar-refractivity contribution in [2.75, 3.05) is 13.7 Å². The van der Waals surface area contributed by atoms with Crippen LogP contribution in [-0.4, -0.2) is 31.3 Å². The molecule has 1 heterocycles. The molecular weight excluding hydrogens is 333 g/mol. The summed E-state index contributed by atoms with van der Waals surface area (Å²) in [5.74, 6) is 0.703. The van der Waals surface area contributed by atoms with E-state index >= 15 is 0 Å². The number of nitrogens with one attached hydrogen (secondary N) is 1. The fraction of sp³-hybridized carbons (Fsp3) is 0.667. The van der Waals surface area contributed by atoms with E-state index < -0.39 is 0 Å². The zero-order valence-electron chi connectivity index (χ0n) is 16.0. The van der Waals surface area contributed by atoms with E-state index in [4.69, 9.17) is 9.47 Å². The number of methoxy groups -OCH3 is 1. The number of carbonyl (C=O) groups excluding carboxylic acids is 1. The summed E-state index contributed by atoms with van der Waals surface area (Å²) in [6.07, 6.45) is 4.28. The van der Waals surface area contributed by atoms with Crippen LogP contribution >= 0.6 is 0 Å². The zero-order chi connectivity index (χ0) is 18.7. The summed E-state index contributed by atoms with van der Waals surface area (Å²) in [6.45, 7) is 4.82. The van der Waals surface area contributed by atoms with Crippen LogP contribution in [0.15, 0.2) is 24.3 Å². The Bertz CT molecular complexity index is 620. The molecule has 1 N–H and O–H groups in total. The van der Waals surface area contributed by atoms with Crippen molar-refractivity contribution in [1.29, 1.82) is 0 Å². The molecule has 0 unspecified atom stereocenters. The van der Waals surface area contributed by atoms with Crippen molar-refractivity contribution in [2.45, 2.75) is 63.7 Å². The van der Waals surface area contributed by atoms with E-state index in [9.17, 15) is 9.18 Å². The third-order valence-corrected chi connectivity index (χ3v) is 6.02. The summed E-state index contributed by atoms with van der Waals surface area (Å²) >= 11 is 0. The summed E-state index contributed by atoms with van der Waals surface area (Å²) in [7, 11) is 1.60. The topological polar surface area (TPSA) is 47.6 Å². The molecule has 1 aliphatic carbocycles. The predicted octanol–water partition coefficient (Wildman–Crippen LogP) is 4.00. The van der Waals surface area contributed by atoms with Gasteiger partial charge >= 0.3 is 0 Å². The van der Waals surface area contributed by atoms with Gasteiger partial charge in [-0.25, -0.2) is 4.39 Å². The fourth-order valence-corrected chi connectivity index (χ4v) is 4.60. The maximum absolute atomic E-state index is 13.3. The lowest BCUT2D eigenvalue weighted by Crippen LogP contribution is -2.60. The lowest BCUT2D eigenvalue weighted by atomic mass is 9.66. The Balaban J connectivity index is 1.82. The summed E-state index contributed by atoms with van der Waals surface area (Å²) in [5.41, 5.74) is 0.646. The van der Waals surface area contributed by atoms with E-state index in [-0.39, 0.29) is 29.5 Å². The van der Waals surface area contributed by atoms with Crippen LogP contribution in [0.4, 0.5) is 4.39 Å². The van der Waals surface area contributed by atoms with Gasteiger partial charge in [-0.05, 0) is 43.4 Å². The van der Waals surface area contributed by atoms with E-state index in [0.717, 1.165) is 24.8 Å². The Labute approximate surface area is 155 Å². The average molecular weight is 363 g/mol. The van der Waals surface area contributed by atoms with E-state index in [1.165, 1.54) is 12.1 Å². The first kappa shape index (κ1) is 19.3. The number of fused-ring (bicyclic) bond motifs is 1. The molecule has 144 valence electrons. The first-order valence-corrected chi connectivity index (χ1v) is 9.62. The van der Waals surface area contributed by atoms with Gasteiger partial charge in [-0.1, -0.05) is 25.5 Å². The number of hydrogen-bond donors (Lipinski definition) is 1. The highest BCUT2D eigenvalue weighted by molar-refractivity contribution is 5.77. The molecule has 0 bridgehead atoms. The van der Waals surface area contributed by atoms with Crippen LogP contribution in [0.25, 0.3) is 0 Å². The standard InChI is InChI=1S/C21H30FNO3/c1-14-4-9-17-18(12-14)26-19(15-5-7-16(22)8-6-15)13-21(17,2)23-20(24)10-11-25-3/h5-8,14,17-19H,4,9-13H2,1-3H3,(H,23,24)/t14-,17-,18-,19-,21-/m1/s1. The van der Waals surface area contributed by atoms with Crippen LogP contribution in [0.5, 0.6) is 0 Å². The zero-order valence-corrected chi connectivity index (χ0v) is 16.0. The first-order chi connectivity index (χ1) is 12.4. The molecule has 0 aromatic heterocycles. The van der Waals surface area contributed by atoms with Gasteiger partial charge in [0.2, 0.25) is 5.91 Å². The lowest BCUT2D eigenvalue weighted by Gasteiger charge is -2.52. The van der Waals surface area contributed by atoms with Crippen molar-refractivity contribution < 1.29 is 18.7 Å². The molecule has 5 atom stereocenters. The van der Waals surface area contributed by atoms with E-state index in [0.29, 0.717) is 31.3 Å². The highest BCUT2D eigenvalue weighted by atomic mass is 19.1. The molecule has 4 nitrogen and oxygen atoms in total. The third kappa shape index (κ3) is 4.26. The normalized spacial score (nSPS) is 34.2. The van der Waals surface area contributed by atoms with Crippen molar-refractivity contribution in [3.05, 3.63) is 35.6 Å². The minimum Gasteiger partial charge on any atom is -0.384 e. The first-order valence-electron chi connectivity index (χ1n) is 9.62. The van der Waals surface area contributed by atoms with Gasteiger partial charge in [-0.15, -0.1) is 0 Å². The lowest BCUT2D eigenvalue weighted by molar-refractivity contribution is -0.154. The van der Waals surface area contributed by atoms with Crippen molar-refractivity contribution >= 4 is 5.91 Å². The minimum absolute atomic E-state index is 0.0199. The van der Waals surface area contributed by atoms with Crippen LogP contribution in [0.3, 0.4) is 0 Å². The molecule has 1 saturated heterocycles. The quantitative estimate of drug-likeness (QED) is 0.860. The number of benzene rings is 1. The molecule has 26 heavy (non-hydrogen) atoms. The molecular formula is C21H30FNO3. The van der Waals surface area contributed by atoms with Gasteiger partial charge in [0.25, 0.3) is 0 Å². The number of ether oxygens (including phenoxy) is 2. The molecule has 0 radical (unpaired) electrons. The number of carbonyl (C=O) groups is 1. The second kappa shape index (κ2) is 8.05. The summed E-state index contributed by atoms with van der Waals surface area (Å²) < 4.78 is 24.8. The van der Waals surface area contributed by atoms with Crippen LogP contribution < -0.4 is 5.32 Å². The second-order valence-corrected chi connectivity index (χ2v) is 8.15. The molecule has 1 aliphatic heterocycles. The van der Waals surface area contributed by atoms with Crippen molar-refractivity contribution in [3.63, 3.8) is 0 Å². The molecule has 1 aromatic rings. The molecule has 2 aliphatic rings. The Kier molecular flexibility index (Phi) is 5.98. The summed E-state index contributed by atoms with van der Waals surface area (Å²) in [5, 5.41) is 3.28. The van der Waals surface area contributed by atoms with E-state index in [1.54, 1.807) is 19.2 Å². The Morgan fingerprint density at radius 3 is 2.77 bits per heavy atom. The smallest absolute Gasteiger partial charge is 0.222 e. The van der Waals surface area contributed by atoms with Gasteiger partial charge < -0.3 is 14.8 Å². The number of amides is 1. The van der Waals surface area contributed by atoms with Gasteiger partial charge in [-0.2, -0.15) is 0 Å². The number of rotatable bonds is 5. The van der Waals surface area contributed by atoms with Gasteiger partial charge in [0.1, 0.15) is 5.82 Å². The number of halogens is 1. The monoisotopic (exact) mass is 363 g/mol. The van der Waals surface area contributed by atoms with Crippen molar-refractivity contribution in [2.24, 2.45) is 11.8 Å². The molecule has 0 spiro atoms. The van der Waals surface area contributed by atoms with Gasteiger partial charge in [0.15, 0.2) is 0 Å². The summed E-state index contributed by atoms with van der Waals surface area (Å²) in [6, 6.07) is 6.53. The van der Waals surface area contributed by atoms with Crippen LogP contribution in [0, 0.1) is 17.7 Å². The maximum Gasteiger partial charge on any atom is 0.222 e. The van der Waals surface area contributed by atoms with Crippen molar-refractivity contribution in [1.82, 2.24) is 5.32 Å². The molecule has 5 heteroatoms. The second-order valence-electron chi connectivity index (χ2n) is 8.15. The molecule has 3 rings (SSSR count). The largest absolute Gasteiger partial charge is 0.384 e. The average Bonchev–Trinajstić information content (AvgIpc) is 2.59. The highest BCUT2D eigenvalue weighted by Crippen LogP contribution is 2.47. The molecule has 2 fully saturated rings. The van der Waals surface area contributed by atoms with E-state index in [2.05, 4.69) is 19.2 Å². The van der Waals surface area contributed by atoms with Gasteiger partial charge in [0, 0.05) is 31.4 Å². The predicted molar refractivity (Wildman–Crippen MR) is 98.2 cm³/mol. The number of hydrogen-bond acceptors (Lipinski definition) is 3. The van der Waals surface area contributed by atoms with Gasteiger partial charge in [0.05, 0.1) is 18.8 Å². The maximum atomic E-state index is 13.3. The molecule has 1 saturated carbocycles. The SMILES string of the molecule is COCCC(=O)N[C@]1(C)C[C@H](c2ccc(F)cc2)O[C@@H]2C[C@H](C)CC[C@H]21. The summed E-state index contributed by atoms with van der Waals surface area (Å²) in [4.78, 5) is 12.4. The van der Waals surface area contributed by atoms with Crippen LogP contribution in [0.2, 0.25) is 0 Å². The fourth-order valence-electron chi connectivity index (χ4n) is 4.60. The van der Waals surface area contributed by atoms with E-state index in [1.807, 2.05) is 0 Å². The minimum atomic E-state index is -0.326.